The molecule has 0 spiro atoms. The van der Waals surface area contributed by atoms with E-state index in [0.717, 1.165) is 12.1 Å². The van der Waals surface area contributed by atoms with Crippen molar-refractivity contribution in [1.29, 1.82) is 0 Å². The molecule has 23 heavy (non-hydrogen) atoms. The first-order chi connectivity index (χ1) is 10.8. The summed E-state index contributed by atoms with van der Waals surface area (Å²) in [6, 6.07) is 6.04. The van der Waals surface area contributed by atoms with E-state index < -0.39 is 16.7 Å². The average Bonchev–Trinajstić information content (AvgIpc) is 2.48. The molecule has 2 aromatic rings. The second-order valence-corrected chi connectivity index (χ2v) is 4.68. The molecule has 0 bridgehead atoms. The second kappa shape index (κ2) is 6.61. The number of nitro groups is 1. The Hall–Kier alpha value is -2.68. The maximum absolute atomic E-state index is 12.4. The molecule has 120 valence electrons. The molecule has 0 atom stereocenters. The summed E-state index contributed by atoms with van der Waals surface area (Å²) >= 11 is 5.67. The molecule has 0 aliphatic rings. The highest BCUT2D eigenvalue weighted by Crippen LogP contribution is 2.28. The van der Waals surface area contributed by atoms with Gasteiger partial charge in [0.1, 0.15) is 10.8 Å². The summed E-state index contributed by atoms with van der Waals surface area (Å²) in [5.74, 6) is 0.0951. The van der Waals surface area contributed by atoms with Crippen molar-refractivity contribution < 1.29 is 18.1 Å². The van der Waals surface area contributed by atoms with Crippen LogP contribution in [0.4, 0.5) is 24.7 Å². The first kappa shape index (κ1) is 16.7. The Morgan fingerprint density at radius 2 is 2.04 bits per heavy atom. The quantitative estimate of drug-likeness (QED) is 0.514. The monoisotopic (exact) mass is 344 g/mol. The van der Waals surface area contributed by atoms with Crippen LogP contribution < -0.4 is 5.43 Å². The van der Waals surface area contributed by atoms with Gasteiger partial charge in [0.15, 0.2) is 0 Å². The van der Waals surface area contributed by atoms with E-state index in [1.807, 2.05) is 0 Å². The van der Waals surface area contributed by atoms with Crippen LogP contribution in [0.3, 0.4) is 0 Å². The van der Waals surface area contributed by atoms with Gasteiger partial charge in [0.2, 0.25) is 0 Å². The third-order valence-corrected chi connectivity index (χ3v) is 2.97. The number of aromatic nitrogens is 1. The molecule has 0 amide bonds. The number of nitrogens with one attached hydrogen (secondary N) is 1. The van der Waals surface area contributed by atoms with Crippen LogP contribution in [0, 0.1) is 10.1 Å². The Labute approximate surface area is 132 Å². The topological polar surface area (TPSA) is 80.4 Å². The smallest absolute Gasteiger partial charge is 0.261 e. The van der Waals surface area contributed by atoms with E-state index >= 15 is 0 Å². The van der Waals surface area contributed by atoms with Crippen LogP contribution in [-0.2, 0) is 6.18 Å². The minimum absolute atomic E-state index is 0.00971. The Bertz CT molecular complexity index is 748. The van der Waals surface area contributed by atoms with Crippen molar-refractivity contribution >= 4 is 29.3 Å². The molecule has 0 radical (unpaired) electrons. The summed E-state index contributed by atoms with van der Waals surface area (Å²) in [5, 5.41) is 14.5. The molecule has 1 aromatic heterocycles. The molecule has 0 aliphatic carbocycles. The summed E-state index contributed by atoms with van der Waals surface area (Å²) in [6.45, 7) is 0. The van der Waals surface area contributed by atoms with Crippen LogP contribution in [0.1, 0.15) is 11.1 Å². The molecule has 0 fully saturated rings. The van der Waals surface area contributed by atoms with Crippen LogP contribution in [-0.4, -0.2) is 16.1 Å². The molecule has 10 heteroatoms. The minimum atomic E-state index is -4.46. The molecule has 1 heterocycles. The van der Waals surface area contributed by atoms with Crippen LogP contribution in [0.15, 0.2) is 41.6 Å². The van der Waals surface area contributed by atoms with E-state index in [0.29, 0.717) is 11.8 Å². The molecule has 0 saturated heterocycles. The molecule has 2 rings (SSSR count). The lowest BCUT2D eigenvalue weighted by Crippen LogP contribution is -2.05. The van der Waals surface area contributed by atoms with Crippen molar-refractivity contribution in [2.75, 3.05) is 5.43 Å². The maximum Gasteiger partial charge on any atom is 0.417 e. The number of alkyl halides is 3. The predicted molar refractivity (Wildman–Crippen MR) is 78.6 cm³/mol. The largest absolute Gasteiger partial charge is 0.417 e. The SMILES string of the molecule is O=[N+]([O-])c1cc(C=NNc2ccc(C(F)(F)F)cn2)ccc1Cl. The zero-order valence-corrected chi connectivity index (χ0v) is 12.0. The van der Waals surface area contributed by atoms with E-state index in [2.05, 4.69) is 15.5 Å². The number of hydrazone groups is 1. The Balaban J connectivity index is 2.07. The number of anilines is 1. The fourth-order valence-corrected chi connectivity index (χ4v) is 1.74. The van der Waals surface area contributed by atoms with Gasteiger partial charge in [-0.15, -0.1) is 0 Å². The fourth-order valence-electron chi connectivity index (χ4n) is 1.55. The Morgan fingerprint density at radius 3 is 2.61 bits per heavy atom. The van der Waals surface area contributed by atoms with Gasteiger partial charge in [0.25, 0.3) is 5.69 Å². The summed E-state index contributed by atoms with van der Waals surface area (Å²) < 4.78 is 37.1. The molecular formula is C13H8ClF3N4O2. The number of hydrogen-bond donors (Lipinski definition) is 1. The van der Waals surface area contributed by atoms with Gasteiger partial charge in [0.05, 0.1) is 16.7 Å². The first-order valence-corrected chi connectivity index (χ1v) is 6.41. The molecule has 6 nitrogen and oxygen atoms in total. The Kier molecular flexibility index (Phi) is 4.80. The molecular weight excluding hydrogens is 337 g/mol. The molecule has 1 aromatic carbocycles. The van der Waals surface area contributed by atoms with Crippen molar-refractivity contribution in [3.63, 3.8) is 0 Å². The van der Waals surface area contributed by atoms with Crippen LogP contribution in [0.2, 0.25) is 5.02 Å². The van der Waals surface area contributed by atoms with Gasteiger partial charge in [-0.25, -0.2) is 4.98 Å². The lowest BCUT2D eigenvalue weighted by molar-refractivity contribution is -0.384. The highest BCUT2D eigenvalue weighted by atomic mass is 35.5. The van der Waals surface area contributed by atoms with E-state index in [-0.39, 0.29) is 16.5 Å². The van der Waals surface area contributed by atoms with Crippen LogP contribution in [0.25, 0.3) is 0 Å². The van der Waals surface area contributed by atoms with Crippen LogP contribution >= 0.6 is 11.6 Å². The standard InChI is InChI=1S/C13H8ClF3N4O2/c14-10-3-1-8(5-11(10)21(22)23)6-19-20-12-4-2-9(7-18-12)13(15,16)17/h1-7H,(H,18,20). The van der Waals surface area contributed by atoms with Crippen molar-refractivity contribution in [2.24, 2.45) is 5.10 Å². The van der Waals surface area contributed by atoms with Gasteiger partial charge in [-0.3, -0.25) is 15.5 Å². The summed E-state index contributed by atoms with van der Waals surface area (Å²) in [5.41, 5.74) is 1.66. The van der Waals surface area contributed by atoms with Gasteiger partial charge in [0, 0.05) is 17.8 Å². The number of hydrogen-bond acceptors (Lipinski definition) is 5. The average molecular weight is 345 g/mol. The number of benzene rings is 1. The number of pyridine rings is 1. The van der Waals surface area contributed by atoms with E-state index in [1.54, 1.807) is 0 Å². The number of nitrogens with zero attached hydrogens (tertiary/aromatic N) is 3. The van der Waals surface area contributed by atoms with Gasteiger partial charge in [-0.2, -0.15) is 18.3 Å². The van der Waals surface area contributed by atoms with Crippen molar-refractivity contribution in [2.45, 2.75) is 6.18 Å². The molecule has 1 N–H and O–H groups in total. The zero-order valence-electron chi connectivity index (χ0n) is 11.2. The molecule has 0 aliphatic heterocycles. The van der Waals surface area contributed by atoms with E-state index in [1.165, 1.54) is 24.4 Å². The van der Waals surface area contributed by atoms with Crippen LogP contribution in [0.5, 0.6) is 0 Å². The van der Waals surface area contributed by atoms with Gasteiger partial charge in [-0.1, -0.05) is 17.7 Å². The summed E-state index contributed by atoms with van der Waals surface area (Å²) in [7, 11) is 0. The third kappa shape index (κ3) is 4.39. The predicted octanol–water partition coefficient (Wildman–Crippen LogP) is 4.11. The van der Waals surface area contributed by atoms with Gasteiger partial charge >= 0.3 is 6.18 Å². The highest BCUT2D eigenvalue weighted by Gasteiger charge is 2.30. The van der Waals surface area contributed by atoms with Crippen molar-refractivity contribution in [1.82, 2.24) is 4.98 Å². The first-order valence-electron chi connectivity index (χ1n) is 6.03. The second-order valence-electron chi connectivity index (χ2n) is 4.27. The van der Waals surface area contributed by atoms with Crippen molar-refractivity contribution in [3.8, 4) is 0 Å². The third-order valence-electron chi connectivity index (χ3n) is 2.65. The molecule has 0 saturated carbocycles. The number of halogens is 4. The Morgan fingerprint density at radius 1 is 1.30 bits per heavy atom. The number of nitro benzene ring substituents is 1. The van der Waals surface area contributed by atoms with E-state index in [9.17, 15) is 23.3 Å². The zero-order chi connectivity index (χ0) is 17.0. The lowest BCUT2D eigenvalue weighted by atomic mass is 10.2. The molecule has 0 unspecified atom stereocenters. The normalized spacial score (nSPS) is 11.7. The lowest BCUT2D eigenvalue weighted by Gasteiger charge is -2.06. The maximum atomic E-state index is 12.4. The van der Waals surface area contributed by atoms with Crippen molar-refractivity contribution in [3.05, 3.63) is 62.8 Å². The highest BCUT2D eigenvalue weighted by molar-refractivity contribution is 6.32. The van der Waals surface area contributed by atoms with Gasteiger partial charge < -0.3 is 0 Å². The summed E-state index contributed by atoms with van der Waals surface area (Å²) in [6.07, 6.45) is -2.54. The summed E-state index contributed by atoms with van der Waals surface area (Å²) in [4.78, 5) is 13.7. The number of rotatable bonds is 4. The van der Waals surface area contributed by atoms with Gasteiger partial charge in [-0.05, 0) is 18.2 Å². The minimum Gasteiger partial charge on any atom is -0.261 e. The van der Waals surface area contributed by atoms with E-state index in [4.69, 9.17) is 11.6 Å². The fraction of sp³-hybridized carbons (Fsp3) is 0.0769.